The van der Waals surface area contributed by atoms with E-state index in [0.29, 0.717) is 27.8 Å². The molecule has 0 fully saturated rings. The Morgan fingerprint density at radius 2 is 1.74 bits per heavy atom. The van der Waals surface area contributed by atoms with Crippen molar-refractivity contribution >= 4 is 34.7 Å². The molecule has 1 aromatic carbocycles. The molecule has 2 heterocycles. The number of carbonyl (C=O) groups excluding carboxylic acids is 2. The van der Waals surface area contributed by atoms with Gasteiger partial charge in [0.25, 0.3) is 11.8 Å². The fourth-order valence-electron chi connectivity index (χ4n) is 3.11. The lowest BCUT2D eigenvalue weighted by Crippen LogP contribution is -2.35. The van der Waals surface area contributed by atoms with Crippen molar-refractivity contribution in [1.82, 2.24) is 14.9 Å². The standard InChI is InChI=1S/C22H20F4N6O2/c1-31(12-22(24,25)26)21(34)13-3-5-15(6-4-13)30-19-8-18(17(11-29-19)20(27)33)32(2)16-7-14(23)9-28-10-16/h3-11H,12H2,1-2H3,(H2,27,33)(H,29,30). The summed E-state index contributed by atoms with van der Waals surface area (Å²) in [5.41, 5.74) is 6.79. The fourth-order valence-corrected chi connectivity index (χ4v) is 3.11. The second kappa shape index (κ2) is 9.73. The zero-order chi connectivity index (χ0) is 25.0. The van der Waals surface area contributed by atoms with Gasteiger partial charge < -0.3 is 20.9 Å². The topological polar surface area (TPSA) is 104 Å². The molecule has 0 bridgehead atoms. The lowest BCUT2D eigenvalue weighted by atomic mass is 10.1. The maximum absolute atomic E-state index is 13.6. The predicted octanol–water partition coefficient (Wildman–Crippen LogP) is 3.86. The highest BCUT2D eigenvalue weighted by atomic mass is 19.4. The number of rotatable bonds is 7. The van der Waals surface area contributed by atoms with Crippen LogP contribution in [0.1, 0.15) is 20.7 Å². The molecule has 0 radical (unpaired) electrons. The maximum Gasteiger partial charge on any atom is 0.406 e. The molecule has 3 rings (SSSR count). The van der Waals surface area contributed by atoms with Crippen LogP contribution in [0.2, 0.25) is 0 Å². The van der Waals surface area contributed by atoms with Crippen molar-refractivity contribution in [1.29, 1.82) is 0 Å². The first-order valence-electron chi connectivity index (χ1n) is 9.78. The Hall–Kier alpha value is -4.22. The zero-order valence-electron chi connectivity index (χ0n) is 18.1. The van der Waals surface area contributed by atoms with Gasteiger partial charge in [0.15, 0.2) is 0 Å². The molecule has 3 N–H and O–H groups in total. The molecule has 8 nitrogen and oxygen atoms in total. The first-order valence-corrected chi connectivity index (χ1v) is 9.78. The summed E-state index contributed by atoms with van der Waals surface area (Å²) < 4.78 is 51.2. The largest absolute Gasteiger partial charge is 0.406 e. The number of pyridine rings is 2. The summed E-state index contributed by atoms with van der Waals surface area (Å²) in [6, 6.07) is 8.50. The molecule has 0 atom stereocenters. The van der Waals surface area contributed by atoms with Crippen LogP contribution in [0, 0.1) is 5.82 Å². The molecule has 178 valence electrons. The second-order valence-electron chi connectivity index (χ2n) is 7.35. The third-order valence-electron chi connectivity index (χ3n) is 4.75. The molecule has 12 heteroatoms. The van der Waals surface area contributed by atoms with E-state index in [1.807, 2.05) is 0 Å². The van der Waals surface area contributed by atoms with Gasteiger partial charge in [-0.15, -0.1) is 0 Å². The second-order valence-corrected chi connectivity index (χ2v) is 7.35. The number of hydrogen-bond acceptors (Lipinski definition) is 6. The van der Waals surface area contributed by atoms with Gasteiger partial charge >= 0.3 is 6.18 Å². The molecule has 0 saturated carbocycles. The minimum atomic E-state index is -4.50. The molecule has 0 saturated heterocycles. The molecule has 0 aliphatic carbocycles. The SMILES string of the molecule is CN(CC(F)(F)F)C(=O)c1ccc(Nc2cc(N(C)c3cncc(F)c3)c(C(N)=O)cn2)cc1. The number of hydrogen-bond donors (Lipinski definition) is 2. The van der Waals surface area contributed by atoms with Crippen molar-refractivity contribution in [2.45, 2.75) is 6.18 Å². The number of alkyl halides is 3. The molecule has 0 aliphatic heterocycles. The van der Waals surface area contributed by atoms with Crippen molar-refractivity contribution in [2.75, 3.05) is 30.9 Å². The number of amides is 2. The minimum Gasteiger partial charge on any atom is -0.365 e. The smallest absolute Gasteiger partial charge is 0.365 e. The number of benzene rings is 1. The monoisotopic (exact) mass is 476 g/mol. The summed E-state index contributed by atoms with van der Waals surface area (Å²) in [6.45, 7) is -1.36. The average Bonchev–Trinajstić information content (AvgIpc) is 2.77. The van der Waals surface area contributed by atoms with Crippen molar-refractivity contribution in [3.8, 4) is 0 Å². The average molecular weight is 476 g/mol. The molecule has 0 aliphatic rings. The lowest BCUT2D eigenvalue weighted by molar-refractivity contribution is -0.138. The van der Waals surface area contributed by atoms with Crippen molar-refractivity contribution < 1.29 is 27.2 Å². The van der Waals surface area contributed by atoms with Crippen LogP contribution in [0.5, 0.6) is 0 Å². The number of nitrogens with one attached hydrogen (secondary N) is 1. The van der Waals surface area contributed by atoms with Crippen LogP contribution < -0.4 is 16.0 Å². The number of aromatic nitrogens is 2. The van der Waals surface area contributed by atoms with Crippen LogP contribution in [0.25, 0.3) is 0 Å². The highest BCUT2D eigenvalue weighted by molar-refractivity contribution is 5.99. The predicted molar refractivity (Wildman–Crippen MR) is 118 cm³/mol. The Kier molecular flexibility index (Phi) is 6.99. The summed E-state index contributed by atoms with van der Waals surface area (Å²) in [5, 5.41) is 2.98. The number of primary amides is 1. The third-order valence-corrected chi connectivity index (χ3v) is 4.75. The Labute approximate surface area is 192 Å². The fraction of sp³-hybridized carbons (Fsp3) is 0.182. The van der Waals surface area contributed by atoms with E-state index in [1.54, 1.807) is 7.05 Å². The van der Waals surface area contributed by atoms with Gasteiger partial charge in [0.05, 0.1) is 29.3 Å². The number of anilines is 4. The summed E-state index contributed by atoms with van der Waals surface area (Å²) in [5.74, 6) is -1.78. The van der Waals surface area contributed by atoms with Gasteiger partial charge in [-0.1, -0.05) is 0 Å². The van der Waals surface area contributed by atoms with E-state index >= 15 is 0 Å². The van der Waals surface area contributed by atoms with Crippen LogP contribution in [0.3, 0.4) is 0 Å². The molecule has 2 aromatic heterocycles. The van der Waals surface area contributed by atoms with Crippen LogP contribution in [0.15, 0.2) is 55.0 Å². The molecule has 34 heavy (non-hydrogen) atoms. The van der Waals surface area contributed by atoms with Gasteiger partial charge in [0, 0.05) is 43.7 Å². The van der Waals surface area contributed by atoms with Crippen LogP contribution in [-0.2, 0) is 0 Å². The molecule has 3 aromatic rings. The molecular formula is C22H20F4N6O2. The molecule has 2 amide bonds. The zero-order valence-corrected chi connectivity index (χ0v) is 18.1. The Balaban J connectivity index is 1.82. The Morgan fingerprint density at radius 1 is 1.06 bits per heavy atom. The highest BCUT2D eigenvalue weighted by Crippen LogP contribution is 2.29. The quantitative estimate of drug-likeness (QED) is 0.502. The van der Waals surface area contributed by atoms with Gasteiger partial charge in [-0.3, -0.25) is 14.6 Å². The normalized spacial score (nSPS) is 11.1. The van der Waals surface area contributed by atoms with Crippen LogP contribution >= 0.6 is 0 Å². The summed E-state index contributed by atoms with van der Waals surface area (Å²) >= 11 is 0. The molecular weight excluding hydrogens is 456 g/mol. The van der Waals surface area contributed by atoms with E-state index in [1.165, 1.54) is 53.7 Å². The number of nitrogens with two attached hydrogens (primary N) is 1. The van der Waals surface area contributed by atoms with E-state index in [4.69, 9.17) is 5.73 Å². The lowest BCUT2D eigenvalue weighted by Gasteiger charge is -2.22. The number of nitrogens with zero attached hydrogens (tertiary/aromatic N) is 4. The summed E-state index contributed by atoms with van der Waals surface area (Å²) in [6.07, 6.45) is -0.789. The van der Waals surface area contributed by atoms with Crippen molar-refractivity contribution in [2.24, 2.45) is 5.73 Å². The van der Waals surface area contributed by atoms with E-state index in [2.05, 4.69) is 15.3 Å². The van der Waals surface area contributed by atoms with Gasteiger partial charge in [-0.05, 0) is 24.3 Å². The van der Waals surface area contributed by atoms with Crippen molar-refractivity contribution in [3.05, 3.63) is 71.9 Å². The van der Waals surface area contributed by atoms with Gasteiger partial charge in [0.2, 0.25) is 0 Å². The van der Waals surface area contributed by atoms with Gasteiger partial charge in [-0.25, -0.2) is 9.37 Å². The first kappa shape index (κ1) is 24.4. The Morgan fingerprint density at radius 3 is 2.32 bits per heavy atom. The summed E-state index contributed by atoms with van der Waals surface area (Å²) in [7, 11) is 2.66. The van der Waals surface area contributed by atoms with E-state index in [9.17, 15) is 27.2 Å². The van der Waals surface area contributed by atoms with E-state index in [0.717, 1.165) is 13.2 Å². The van der Waals surface area contributed by atoms with Gasteiger partial charge in [0.1, 0.15) is 18.2 Å². The highest BCUT2D eigenvalue weighted by Gasteiger charge is 2.31. The van der Waals surface area contributed by atoms with Crippen LogP contribution in [-0.4, -0.2) is 53.5 Å². The molecule has 0 unspecified atom stereocenters. The molecule has 0 spiro atoms. The number of halogens is 4. The minimum absolute atomic E-state index is 0.0772. The van der Waals surface area contributed by atoms with E-state index < -0.39 is 30.4 Å². The maximum atomic E-state index is 13.6. The van der Waals surface area contributed by atoms with Crippen molar-refractivity contribution in [3.63, 3.8) is 0 Å². The van der Waals surface area contributed by atoms with Gasteiger partial charge in [-0.2, -0.15) is 13.2 Å². The summed E-state index contributed by atoms with van der Waals surface area (Å²) in [4.78, 5) is 34.1. The Bertz CT molecular complexity index is 1200. The number of carbonyl (C=O) groups is 2. The van der Waals surface area contributed by atoms with E-state index in [-0.39, 0.29) is 11.1 Å². The first-order chi connectivity index (χ1) is 15.9. The van der Waals surface area contributed by atoms with Crippen LogP contribution in [0.4, 0.5) is 40.4 Å². The third kappa shape index (κ3) is 5.97.